The first kappa shape index (κ1) is 26.8. The van der Waals surface area contributed by atoms with E-state index in [1.165, 1.54) is 61.6 Å². The minimum atomic E-state index is -1.12. The SMILES string of the molecule is COc1cc(C2C(=C(O)c3ccncc3)C(=O)C(=O)N2c2nnc(SCc3ccccc3F)s2)cc(Br)c1O. The summed E-state index contributed by atoms with van der Waals surface area (Å²) in [5.41, 5.74) is 0.956. The molecule has 1 fully saturated rings. The molecular formula is C26H18BrFN4O5S2. The largest absolute Gasteiger partial charge is 0.507 e. The number of methoxy groups -OCH3 is 1. The second kappa shape index (κ2) is 11.1. The van der Waals surface area contributed by atoms with Crippen LogP contribution < -0.4 is 9.64 Å². The number of aromatic hydroxyl groups is 1. The predicted octanol–water partition coefficient (Wildman–Crippen LogP) is 5.47. The zero-order valence-electron chi connectivity index (χ0n) is 20.0. The number of halogens is 2. The van der Waals surface area contributed by atoms with Crippen molar-refractivity contribution >= 4 is 61.6 Å². The number of Topliss-reactive ketones (excluding diaryl/α,β-unsaturated/α-hetero) is 1. The third kappa shape index (κ3) is 5.12. The number of benzene rings is 2. The fourth-order valence-corrected chi connectivity index (χ4v) is 6.34. The molecule has 39 heavy (non-hydrogen) atoms. The van der Waals surface area contributed by atoms with Crippen molar-refractivity contribution in [2.75, 3.05) is 12.0 Å². The highest BCUT2D eigenvalue weighted by atomic mass is 79.9. The van der Waals surface area contributed by atoms with Gasteiger partial charge in [-0.15, -0.1) is 10.2 Å². The van der Waals surface area contributed by atoms with Crippen LogP contribution in [0.3, 0.4) is 0 Å². The molecule has 2 aromatic heterocycles. The van der Waals surface area contributed by atoms with Crippen LogP contribution in [0.5, 0.6) is 11.5 Å². The molecule has 0 saturated carbocycles. The minimum Gasteiger partial charge on any atom is -0.507 e. The van der Waals surface area contributed by atoms with Crippen LogP contribution >= 0.6 is 39.0 Å². The highest BCUT2D eigenvalue weighted by Gasteiger charge is 2.48. The van der Waals surface area contributed by atoms with E-state index in [0.29, 0.717) is 15.5 Å². The average molecular weight is 629 g/mol. The number of aliphatic hydroxyl groups is 1. The second-order valence-electron chi connectivity index (χ2n) is 8.19. The van der Waals surface area contributed by atoms with Gasteiger partial charge in [0.15, 0.2) is 15.8 Å². The number of pyridine rings is 1. The maximum Gasteiger partial charge on any atom is 0.301 e. The summed E-state index contributed by atoms with van der Waals surface area (Å²) in [6.07, 6.45) is 2.90. The number of carbonyl (C=O) groups excluding carboxylic acids is 2. The molecule has 13 heteroatoms. The number of hydrogen-bond donors (Lipinski definition) is 2. The highest BCUT2D eigenvalue weighted by Crippen LogP contribution is 2.47. The smallest absolute Gasteiger partial charge is 0.301 e. The molecular weight excluding hydrogens is 611 g/mol. The number of carbonyl (C=O) groups is 2. The average Bonchev–Trinajstić information content (AvgIpc) is 3.51. The van der Waals surface area contributed by atoms with Crippen molar-refractivity contribution in [2.45, 2.75) is 16.1 Å². The molecule has 1 amide bonds. The van der Waals surface area contributed by atoms with Crippen LogP contribution in [0, 0.1) is 5.82 Å². The van der Waals surface area contributed by atoms with Crippen molar-refractivity contribution in [3.05, 3.63) is 93.5 Å². The lowest BCUT2D eigenvalue weighted by Crippen LogP contribution is -2.29. The lowest BCUT2D eigenvalue weighted by molar-refractivity contribution is -0.132. The molecule has 1 saturated heterocycles. The zero-order chi connectivity index (χ0) is 27.7. The molecule has 1 aliphatic heterocycles. The summed E-state index contributed by atoms with van der Waals surface area (Å²) in [7, 11) is 1.36. The molecule has 0 spiro atoms. The summed E-state index contributed by atoms with van der Waals surface area (Å²) < 4.78 is 20.0. The van der Waals surface area contributed by atoms with Crippen molar-refractivity contribution in [3.63, 3.8) is 0 Å². The van der Waals surface area contributed by atoms with Gasteiger partial charge in [-0.05, 0) is 57.4 Å². The Bertz CT molecular complexity index is 1620. The van der Waals surface area contributed by atoms with Crippen LogP contribution in [0.4, 0.5) is 9.52 Å². The van der Waals surface area contributed by atoms with Gasteiger partial charge >= 0.3 is 5.91 Å². The molecule has 0 aliphatic carbocycles. The number of rotatable bonds is 7. The third-order valence-electron chi connectivity index (χ3n) is 5.90. The molecule has 1 unspecified atom stereocenters. The fourth-order valence-electron chi connectivity index (χ4n) is 4.03. The number of ether oxygens (including phenoxy) is 1. The lowest BCUT2D eigenvalue weighted by Gasteiger charge is -2.23. The first-order chi connectivity index (χ1) is 18.8. The molecule has 2 N–H and O–H groups in total. The number of phenolic OH excluding ortho intramolecular Hbond substituents is 1. The lowest BCUT2D eigenvalue weighted by atomic mass is 9.95. The summed E-state index contributed by atoms with van der Waals surface area (Å²) in [4.78, 5) is 31.8. The summed E-state index contributed by atoms with van der Waals surface area (Å²) in [6, 6.07) is 11.3. The summed E-state index contributed by atoms with van der Waals surface area (Å²) in [5.74, 6) is -2.38. The Hall–Kier alpha value is -3.81. The van der Waals surface area contributed by atoms with Crippen LogP contribution in [0.15, 0.2) is 75.3 Å². The van der Waals surface area contributed by atoms with Gasteiger partial charge in [0, 0.05) is 23.7 Å². The first-order valence-corrected chi connectivity index (χ1v) is 13.9. The molecule has 198 valence electrons. The van der Waals surface area contributed by atoms with E-state index in [-0.39, 0.29) is 43.8 Å². The Morgan fingerprint density at radius 1 is 1.18 bits per heavy atom. The second-order valence-corrected chi connectivity index (χ2v) is 11.2. The van der Waals surface area contributed by atoms with E-state index in [0.717, 1.165) is 16.2 Å². The first-order valence-electron chi connectivity index (χ1n) is 11.3. The van der Waals surface area contributed by atoms with Crippen LogP contribution in [-0.4, -0.2) is 44.2 Å². The number of hydrogen-bond acceptors (Lipinski definition) is 10. The Balaban J connectivity index is 1.59. The van der Waals surface area contributed by atoms with E-state index in [1.807, 2.05) is 0 Å². The van der Waals surface area contributed by atoms with E-state index in [9.17, 15) is 24.2 Å². The molecule has 4 aromatic rings. The van der Waals surface area contributed by atoms with Gasteiger partial charge in [0.1, 0.15) is 11.6 Å². The summed E-state index contributed by atoms with van der Waals surface area (Å²) >= 11 is 5.57. The van der Waals surface area contributed by atoms with Crippen LogP contribution in [-0.2, 0) is 15.3 Å². The van der Waals surface area contributed by atoms with Crippen molar-refractivity contribution in [1.29, 1.82) is 0 Å². The number of anilines is 1. The molecule has 1 atom stereocenters. The maximum absolute atomic E-state index is 14.1. The van der Waals surface area contributed by atoms with Crippen molar-refractivity contribution in [1.82, 2.24) is 15.2 Å². The number of amides is 1. The Kier molecular flexibility index (Phi) is 7.64. The predicted molar refractivity (Wildman–Crippen MR) is 147 cm³/mol. The van der Waals surface area contributed by atoms with Gasteiger partial charge in [-0.3, -0.25) is 19.5 Å². The monoisotopic (exact) mass is 628 g/mol. The van der Waals surface area contributed by atoms with Gasteiger partial charge in [0.25, 0.3) is 5.78 Å². The van der Waals surface area contributed by atoms with Gasteiger partial charge in [0.05, 0.1) is 23.2 Å². The van der Waals surface area contributed by atoms with E-state index >= 15 is 0 Å². The number of thioether (sulfide) groups is 1. The van der Waals surface area contributed by atoms with E-state index in [1.54, 1.807) is 18.2 Å². The van der Waals surface area contributed by atoms with Gasteiger partial charge in [-0.25, -0.2) is 4.39 Å². The van der Waals surface area contributed by atoms with Gasteiger partial charge in [-0.2, -0.15) is 0 Å². The normalized spacial score (nSPS) is 16.6. The summed E-state index contributed by atoms with van der Waals surface area (Å²) in [5, 5.41) is 29.9. The van der Waals surface area contributed by atoms with Crippen LogP contribution in [0.25, 0.3) is 5.76 Å². The fraction of sp³-hybridized carbons (Fsp3) is 0.115. The number of aliphatic hydroxyl groups excluding tert-OH is 1. The molecule has 2 aromatic carbocycles. The van der Waals surface area contributed by atoms with Gasteiger partial charge in [0.2, 0.25) is 5.13 Å². The van der Waals surface area contributed by atoms with Gasteiger partial charge < -0.3 is 14.9 Å². The number of nitrogens with zero attached hydrogens (tertiary/aromatic N) is 4. The minimum absolute atomic E-state index is 0.0901. The van der Waals surface area contributed by atoms with Crippen molar-refractivity contribution in [3.8, 4) is 11.5 Å². The van der Waals surface area contributed by atoms with E-state index < -0.39 is 23.5 Å². The maximum atomic E-state index is 14.1. The molecule has 9 nitrogen and oxygen atoms in total. The number of aromatic nitrogens is 3. The molecule has 1 aliphatic rings. The highest BCUT2D eigenvalue weighted by molar-refractivity contribution is 9.10. The summed E-state index contributed by atoms with van der Waals surface area (Å²) in [6.45, 7) is 0. The molecule has 0 bridgehead atoms. The molecule has 3 heterocycles. The van der Waals surface area contributed by atoms with Crippen molar-refractivity contribution in [2.24, 2.45) is 0 Å². The topological polar surface area (TPSA) is 126 Å². The van der Waals surface area contributed by atoms with E-state index in [4.69, 9.17) is 4.74 Å². The third-order valence-corrected chi connectivity index (χ3v) is 8.60. The zero-order valence-corrected chi connectivity index (χ0v) is 23.3. The Labute approximate surface area is 238 Å². The quantitative estimate of drug-likeness (QED) is 0.0901. The van der Waals surface area contributed by atoms with Crippen LogP contribution in [0.1, 0.15) is 22.7 Å². The van der Waals surface area contributed by atoms with E-state index in [2.05, 4.69) is 31.1 Å². The Morgan fingerprint density at radius 2 is 1.92 bits per heavy atom. The molecule has 5 rings (SSSR count). The standard InChI is InChI=1S/C26H18BrFN4O5S2/c1-37-18-11-15(10-16(27)22(18)34)20-19(21(33)13-6-8-29-9-7-13)23(35)24(36)32(20)25-30-31-26(39-25)38-12-14-4-2-3-5-17(14)28/h2-11,20,33-34H,12H2,1H3. The van der Waals surface area contributed by atoms with Gasteiger partial charge in [-0.1, -0.05) is 41.3 Å². The van der Waals surface area contributed by atoms with Crippen molar-refractivity contribution < 1.29 is 28.9 Å². The Morgan fingerprint density at radius 3 is 2.64 bits per heavy atom. The number of phenols is 1. The van der Waals surface area contributed by atoms with Crippen LogP contribution in [0.2, 0.25) is 0 Å². The molecule has 0 radical (unpaired) electrons. The number of ketones is 1.